The number of carbonyl (C=O) groups excluding carboxylic acids is 3. The summed E-state index contributed by atoms with van der Waals surface area (Å²) in [6.45, 7) is 3.87. The van der Waals surface area contributed by atoms with Gasteiger partial charge < -0.3 is 20.1 Å². The number of carbonyl (C=O) groups is 3. The minimum Gasteiger partial charge on any atom is -0.463 e. The van der Waals surface area contributed by atoms with Gasteiger partial charge in [0, 0.05) is 11.4 Å². The van der Waals surface area contributed by atoms with E-state index in [1.807, 2.05) is 30.3 Å². The van der Waals surface area contributed by atoms with Gasteiger partial charge in [0.1, 0.15) is 0 Å². The van der Waals surface area contributed by atoms with Gasteiger partial charge in [-0.3, -0.25) is 5.32 Å². The van der Waals surface area contributed by atoms with Crippen LogP contribution < -0.4 is 16.0 Å². The van der Waals surface area contributed by atoms with Crippen molar-refractivity contribution in [3.05, 3.63) is 47.2 Å². The Bertz CT molecular complexity index is 979. The summed E-state index contributed by atoms with van der Waals surface area (Å²) in [4.78, 5) is 36.5. The molecule has 0 spiro atoms. The fourth-order valence-electron chi connectivity index (χ4n) is 2.78. The third-order valence-electron chi connectivity index (χ3n) is 4.01. The molecule has 0 aliphatic carbocycles. The Morgan fingerprint density at radius 2 is 1.90 bits per heavy atom. The molecule has 1 aromatic carbocycles. The highest BCUT2D eigenvalue weighted by Gasteiger charge is 2.33. The van der Waals surface area contributed by atoms with Crippen molar-refractivity contribution >= 4 is 46.3 Å². The molecule has 0 fully saturated rings. The van der Waals surface area contributed by atoms with Crippen LogP contribution in [0.15, 0.2) is 45.9 Å². The Labute approximate surface area is 186 Å². The molecule has 1 aliphatic heterocycles. The molecule has 1 atom stereocenters. The second kappa shape index (κ2) is 10.8. The third kappa shape index (κ3) is 5.95. The maximum atomic E-state index is 12.7. The molecule has 3 rings (SSSR count). The molecule has 31 heavy (non-hydrogen) atoms. The Kier molecular flexibility index (Phi) is 7.84. The van der Waals surface area contributed by atoms with E-state index < -0.39 is 24.1 Å². The van der Waals surface area contributed by atoms with Crippen LogP contribution in [0.4, 0.5) is 14.7 Å². The van der Waals surface area contributed by atoms with Crippen molar-refractivity contribution in [3.63, 3.8) is 0 Å². The maximum Gasteiger partial charge on any atom is 0.413 e. The van der Waals surface area contributed by atoms with Crippen molar-refractivity contribution in [1.29, 1.82) is 0 Å². The average molecular weight is 464 g/mol. The lowest BCUT2D eigenvalue weighted by Gasteiger charge is -2.29. The minimum absolute atomic E-state index is 0.206. The number of benzene rings is 1. The summed E-state index contributed by atoms with van der Waals surface area (Å²) in [5, 5.41) is 16.2. The van der Waals surface area contributed by atoms with Crippen molar-refractivity contribution in [3.8, 4) is 0 Å². The molecule has 0 radical (unpaired) electrons. The predicted octanol–water partition coefficient (Wildman–Crippen LogP) is 3.07. The molecule has 3 amide bonds. The standard InChI is InChI=1S/C19H21N5O5S2/c1-3-28-15(25)13-12(20-16(26)21-14(13)11-8-6-5-7-9-11)10-30-19-24-23-17(31-19)22-18(27)29-4-2/h5-9,14H,3-4,10H2,1-2H3,(H2,20,21,26)(H,22,23,27). The molecule has 1 unspecified atom stereocenters. The minimum atomic E-state index is -0.639. The van der Waals surface area contributed by atoms with Gasteiger partial charge in [0.05, 0.1) is 24.8 Å². The number of nitrogens with zero attached hydrogens (tertiary/aromatic N) is 2. The number of nitrogens with one attached hydrogen (secondary N) is 3. The van der Waals surface area contributed by atoms with Gasteiger partial charge in [-0.1, -0.05) is 53.4 Å². The van der Waals surface area contributed by atoms with E-state index in [0.717, 1.165) is 16.9 Å². The zero-order valence-corrected chi connectivity index (χ0v) is 18.5. The molecular weight excluding hydrogens is 442 g/mol. The molecule has 164 valence electrons. The highest BCUT2D eigenvalue weighted by Crippen LogP contribution is 2.32. The highest BCUT2D eigenvalue weighted by molar-refractivity contribution is 8.01. The lowest BCUT2D eigenvalue weighted by Crippen LogP contribution is -2.46. The van der Waals surface area contributed by atoms with Crippen LogP contribution in [0.3, 0.4) is 0 Å². The summed E-state index contributed by atoms with van der Waals surface area (Å²) in [6.07, 6.45) is -0.612. The SMILES string of the molecule is CCOC(=O)Nc1nnc(SCC2=C(C(=O)OCC)C(c3ccccc3)NC(=O)N2)s1. The summed E-state index contributed by atoms with van der Waals surface area (Å²) in [5.41, 5.74) is 1.52. The van der Waals surface area contributed by atoms with Crippen molar-refractivity contribution in [2.24, 2.45) is 0 Å². The molecule has 12 heteroatoms. The van der Waals surface area contributed by atoms with Crippen LogP contribution in [0.2, 0.25) is 0 Å². The van der Waals surface area contributed by atoms with E-state index in [1.54, 1.807) is 13.8 Å². The average Bonchev–Trinajstić information content (AvgIpc) is 3.19. The van der Waals surface area contributed by atoms with Gasteiger partial charge in [0.2, 0.25) is 5.13 Å². The number of esters is 1. The first-order valence-corrected chi connectivity index (χ1v) is 11.2. The maximum absolute atomic E-state index is 12.7. The van der Waals surface area contributed by atoms with E-state index in [1.165, 1.54) is 11.8 Å². The van der Waals surface area contributed by atoms with Crippen molar-refractivity contribution in [2.75, 3.05) is 24.3 Å². The number of ether oxygens (including phenoxy) is 2. The quantitative estimate of drug-likeness (QED) is 0.309. The highest BCUT2D eigenvalue weighted by atomic mass is 32.2. The van der Waals surface area contributed by atoms with Crippen molar-refractivity contribution in [2.45, 2.75) is 24.2 Å². The molecule has 2 aromatic rings. The number of aromatic nitrogens is 2. The number of thioether (sulfide) groups is 1. The zero-order valence-electron chi connectivity index (χ0n) is 16.8. The summed E-state index contributed by atoms with van der Waals surface area (Å²) in [7, 11) is 0. The second-order valence-corrected chi connectivity index (χ2v) is 8.26. The van der Waals surface area contributed by atoms with Crippen molar-refractivity contribution < 1.29 is 23.9 Å². The molecule has 1 aliphatic rings. The summed E-state index contributed by atoms with van der Waals surface area (Å²) in [6, 6.07) is 8.13. The van der Waals surface area contributed by atoms with Crippen LogP contribution in [0.5, 0.6) is 0 Å². The summed E-state index contributed by atoms with van der Waals surface area (Å²) < 4.78 is 10.6. The fourth-order valence-corrected chi connectivity index (χ4v) is 4.49. The van der Waals surface area contributed by atoms with Crippen LogP contribution in [-0.2, 0) is 14.3 Å². The Hall–Kier alpha value is -3.12. The first kappa shape index (κ1) is 22.6. The van der Waals surface area contributed by atoms with E-state index in [9.17, 15) is 14.4 Å². The zero-order chi connectivity index (χ0) is 22.2. The number of hydrogen-bond acceptors (Lipinski definition) is 9. The van der Waals surface area contributed by atoms with Crippen molar-refractivity contribution in [1.82, 2.24) is 20.8 Å². The van der Waals surface area contributed by atoms with Crippen LogP contribution >= 0.6 is 23.1 Å². The first-order valence-electron chi connectivity index (χ1n) is 9.44. The second-order valence-electron chi connectivity index (χ2n) is 6.06. The van der Waals surface area contributed by atoms with E-state index in [2.05, 4.69) is 26.1 Å². The lowest BCUT2D eigenvalue weighted by atomic mass is 9.95. The first-order chi connectivity index (χ1) is 15.0. The Balaban J connectivity index is 1.81. The monoisotopic (exact) mass is 463 g/mol. The van der Waals surface area contributed by atoms with E-state index in [-0.39, 0.29) is 24.1 Å². The number of amides is 3. The molecule has 0 saturated carbocycles. The number of anilines is 1. The van der Waals surface area contributed by atoms with Gasteiger partial charge in [-0.2, -0.15) is 0 Å². The Morgan fingerprint density at radius 3 is 2.61 bits per heavy atom. The van der Waals surface area contributed by atoms with Crippen LogP contribution in [0.25, 0.3) is 0 Å². The third-order valence-corrected chi connectivity index (χ3v) is 6.01. The van der Waals surface area contributed by atoms with Crippen LogP contribution in [0.1, 0.15) is 25.5 Å². The molecule has 2 heterocycles. The molecule has 10 nitrogen and oxygen atoms in total. The summed E-state index contributed by atoms with van der Waals surface area (Å²) >= 11 is 2.43. The molecule has 0 bridgehead atoms. The molecule has 0 saturated heterocycles. The molecular formula is C19H21N5O5S2. The van der Waals surface area contributed by atoms with Gasteiger partial charge in [0.15, 0.2) is 4.34 Å². The topological polar surface area (TPSA) is 132 Å². The molecule has 3 N–H and O–H groups in total. The van der Waals surface area contributed by atoms with E-state index >= 15 is 0 Å². The van der Waals surface area contributed by atoms with Gasteiger partial charge in [-0.15, -0.1) is 10.2 Å². The lowest BCUT2D eigenvalue weighted by molar-refractivity contribution is -0.139. The molecule has 1 aromatic heterocycles. The van der Waals surface area contributed by atoms with Gasteiger partial charge >= 0.3 is 18.1 Å². The normalized spacial score (nSPS) is 15.7. The number of hydrogen-bond donors (Lipinski definition) is 3. The van der Waals surface area contributed by atoms with Crippen LogP contribution in [0, 0.1) is 0 Å². The van der Waals surface area contributed by atoms with E-state index in [0.29, 0.717) is 15.6 Å². The number of rotatable bonds is 8. The smallest absolute Gasteiger partial charge is 0.413 e. The van der Waals surface area contributed by atoms with E-state index in [4.69, 9.17) is 9.47 Å². The Morgan fingerprint density at radius 1 is 1.16 bits per heavy atom. The number of urea groups is 1. The predicted molar refractivity (Wildman–Crippen MR) is 116 cm³/mol. The van der Waals surface area contributed by atoms with Crippen LogP contribution in [-0.4, -0.2) is 47.3 Å². The largest absolute Gasteiger partial charge is 0.463 e. The van der Waals surface area contributed by atoms with Gasteiger partial charge in [-0.25, -0.2) is 14.4 Å². The van der Waals surface area contributed by atoms with Gasteiger partial charge in [0.25, 0.3) is 0 Å². The van der Waals surface area contributed by atoms with Gasteiger partial charge in [-0.05, 0) is 19.4 Å². The summed E-state index contributed by atoms with van der Waals surface area (Å²) in [5.74, 6) is -0.264. The fraction of sp³-hybridized carbons (Fsp3) is 0.316.